The van der Waals surface area contributed by atoms with Crippen LogP contribution in [0, 0.1) is 6.92 Å². The summed E-state index contributed by atoms with van der Waals surface area (Å²) in [6.07, 6.45) is 4.05. The quantitative estimate of drug-likeness (QED) is 0.903. The number of hydrogen-bond donors (Lipinski definition) is 1. The van der Waals surface area contributed by atoms with E-state index in [1.165, 1.54) is 43.5 Å². The van der Waals surface area contributed by atoms with Crippen molar-refractivity contribution >= 4 is 11.6 Å². The van der Waals surface area contributed by atoms with Crippen LogP contribution in [0.5, 0.6) is 0 Å². The Morgan fingerprint density at radius 1 is 1.33 bits per heavy atom. The van der Waals surface area contributed by atoms with E-state index < -0.39 is 0 Å². The molecule has 1 aromatic carbocycles. The molecule has 1 N–H and O–H groups in total. The zero-order chi connectivity index (χ0) is 12.5. The van der Waals surface area contributed by atoms with Crippen LogP contribution in [0.15, 0.2) is 18.2 Å². The Bertz CT molecular complexity index is 433. The van der Waals surface area contributed by atoms with Crippen LogP contribution in [-0.4, -0.2) is 30.1 Å². The maximum atomic E-state index is 5.99. The van der Waals surface area contributed by atoms with E-state index >= 15 is 0 Å². The Morgan fingerprint density at radius 2 is 2.22 bits per heavy atom. The minimum absolute atomic E-state index is 0.683. The Labute approximate surface area is 114 Å². The molecule has 98 valence electrons. The van der Waals surface area contributed by atoms with Crippen LogP contribution >= 0.6 is 11.6 Å². The van der Waals surface area contributed by atoms with Crippen LogP contribution in [0.1, 0.15) is 30.4 Å². The average molecular weight is 265 g/mol. The van der Waals surface area contributed by atoms with Crippen molar-refractivity contribution in [2.45, 2.75) is 44.8 Å². The van der Waals surface area contributed by atoms with Gasteiger partial charge in [0.05, 0.1) is 0 Å². The normalized spacial score (nSPS) is 27.7. The zero-order valence-electron chi connectivity index (χ0n) is 11.0. The molecule has 0 spiro atoms. The summed E-state index contributed by atoms with van der Waals surface area (Å²) in [6, 6.07) is 7.66. The summed E-state index contributed by atoms with van der Waals surface area (Å²) in [5.74, 6) is 0. The van der Waals surface area contributed by atoms with Crippen molar-refractivity contribution in [3.8, 4) is 0 Å². The lowest BCUT2D eigenvalue weighted by Gasteiger charge is -2.21. The molecule has 0 saturated carbocycles. The molecular weight excluding hydrogens is 244 g/mol. The molecule has 2 fully saturated rings. The van der Waals surface area contributed by atoms with Gasteiger partial charge in [-0.2, -0.15) is 0 Å². The summed E-state index contributed by atoms with van der Waals surface area (Å²) in [4.78, 5) is 2.65. The second kappa shape index (κ2) is 5.20. The third-order valence-corrected chi connectivity index (χ3v) is 4.70. The van der Waals surface area contributed by atoms with Crippen molar-refractivity contribution in [1.82, 2.24) is 10.2 Å². The fraction of sp³-hybridized carbons (Fsp3) is 0.600. The van der Waals surface area contributed by atoms with Crippen LogP contribution < -0.4 is 5.32 Å². The van der Waals surface area contributed by atoms with Crippen molar-refractivity contribution in [3.63, 3.8) is 0 Å². The van der Waals surface area contributed by atoms with Crippen LogP contribution in [0.2, 0.25) is 5.02 Å². The lowest BCUT2D eigenvalue weighted by Crippen LogP contribution is -2.38. The van der Waals surface area contributed by atoms with Crippen LogP contribution in [0.3, 0.4) is 0 Å². The van der Waals surface area contributed by atoms with Gasteiger partial charge in [0.25, 0.3) is 0 Å². The zero-order valence-corrected chi connectivity index (χ0v) is 11.7. The summed E-state index contributed by atoms with van der Waals surface area (Å²) < 4.78 is 0. The van der Waals surface area contributed by atoms with Crippen LogP contribution in [0.25, 0.3) is 0 Å². The third-order valence-electron chi connectivity index (χ3n) is 4.47. The van der Waals surface area contributed by atoms with Gasteiger partial charge in [-0.05, 0) is 56.0 Å². The van der Waals surface area contributed by atoms with E-state index in [9.17, 15) is 0 Å². The minimum atomic E-state index is 0.683. The summed E-state index contributed by atoms with van der Waals surface area (Å²) in [6.45, 7) is 5.70. The van der Waals surface area contributed by atoms with E-state index in [0.717, 1.165) is 17.6 Å². The first-order valence-electron chi connectivity index (χ1n) is 6.96. The van der Waals surface area contributed by atoms with Gasteiger partial charge >= 0.3 is 0 Å². The highest BCUT2D eigenvalue weighted by Crippen LogP contribution is 2.28. The maximum absolute atomic E-state index is 5.99. The van der Waals surface area contributed by atoms with Crippen molar-refractivity contribution in [1.29, 1.82) is 0 Å². The molecular formula is C15H21ClN2. The van der Waals surface area contributed by atoms with Gasteiger partial charge in [-0.25, -0.2) is 0 Å². The number of rotatable bonds is 3. The van der Waals surface area contributed by atoms with Gasteiger partial charge in [0, 0.05) is 30.2 Å². The smallest absolute Gasteiger partial charge is 0.0408 e. The van der Waals surface area contributed by atoms with Gasteiger partial charge in [0.2, 0.25) is 0 Å². The highest BCUT2D eigenvalue weighted by molar-refractivity contribution is 6.30. The molecule has 0 amide bonds. The molecule has 3 heteroatoms. The minimum Gasteiger partial charge on any atom is -0.308 e. The Hall–Kier alpha value is -0.570. The van der Waals surface area contributed by atoms with Gasteiger partial charge in [0.15, 0.2) is 0 Å². The van der Waals surface area contributed by atoms with Gasteiger partial charge in [-0.1, -0.05) is 17.7 Å². The van der Waals surface area contributed by atoms with Gasteiger partial charge < -0.3 is 5.32 Å². The first-order valence-corrected chi connectivity index (χ1v) is 7.34. The average Bonchev–Trinajstić information content (AvgIpc) is 2.91. The Balaban J connectivity index is 1.61. The Kier molecular flexibility index (Phi) is 3.60. The second-order valence-corrected chi connectivity index (χ2v) is 6.03. The van der Waals surface area contributed by atoms with Gasteiger partial charge in [-0.3, -0.25) is 4.90 Å². The molecule has 2 nitrogen and oxygen atoms in total. The van der Waals surface area contributed by atoms with Crippen LogP contribution in [-0.2, 0) is 6.54 Å². The fourth-order valence-electron chi connectivity index (χ4n) is 3.42. The van der Waals surface area contributed by atoms with E-state index in [2.05, 4.69) is 29.3 Å². The van der Waals surface area contributed by atoms with E-state index in [-0.39, 0.29) is 0 Å². The predicted molar refractivity (Wildman–Crippen MR) is 76.0 cm³/mol. The number of aryl methyl sites for hydroxylation is 1. The molecule has 2 unspecified atom stereocenters. The molecule has 2 atom stereocenters. The second-order valence-electron chi connectivity index (χ2n) is 5.59. The fourth-order valence-corrected chi connectivity index (χ4v) is 3.65. The molecule has 2 aliphatic heterocycles. The number of halogens is 1. The van der Waals surface area contributed by atoms with Gasteiger partial charge in [0.1, 0.15) is 0 Å². The lowest BCUT2D eigenvalue weighted by atomic mass is 10.0. The molecule has 0 radical (unpaired) electrons. The van der Waals surface area contributed by atoms with E-state index in [1.807, 2.05) is 6.07 Å². The van der Waals surface area contributed by atoms with E-state index in [1.54, 1.807) is 0 Å². The third kappa shape index (κ3) is 2.42. The SMILES string of the molecule is Cc1cc(Cl)ccc1CNC1CCN2CCCC12. The van der Waals surface area contributed by atoms with Crippen molar-refractivity contribution in [3.05, 3.63) is 34.3 Å². The largest absolute Gasteiger partial charge is 0.308 e. The summed E-state index contributed by atoms with van der Waals surface area (Å²) in [5, 5.41) is 4.58. The maximum Gasteiger partial charge on any atom is 0.0408 e. The van der Waals surface area contributed by atoms with Crippen molar-refractivity contribution < 1.29 is 0 Å². The van der Waals surface area contributed by atoms with Crippen molar-refractivity contribution in [2.24, 2.45) is 0 Å². The molecule has 0 aromatic heterocycles. The Morgan fingerprint density at radius 3 is 3.06 bits per heavy atom. The summed E-state index contributed by atoms with van der Waals surface area (Å²) in [5.41, 5.74) is 2.66. The topological polar surface area (TPSA) is 15.3 Å². The van der Waals surface area contributed by atoms with Crippen LogP contribution in [0.4, 0.5) is 0 Å². The predicted octanol–water partition coefficient (Wildman–Crippen LogP) is 2.97. The highest BCUT2D eigenvalue weighted by atomic mass is 35.5. The first-order chi connectivity index (χ1) is 8.74. The molecule has 18 heavy (non-hydrogen) atoms. The lowest BCUT2D eigenvalue weighted by molar-refractivity contribution is 0.298. The molecule has 1 aromatic rings. The number of benzene rings is 1. The first kappa shape index (κ1) is 12.5. The van der Waals surface area contributed by atoms with Crippen molar-refractivity contribution in [2.75, 3.05) is 13.1 Å². The summed E-state index contributed by atoms with van der Waals surface area (Å²) >= 11 is 5.99. The van der Waals surface area contributed by atoms with E-state index in [4.69, 9.17) is 11.6 Å². The standard InChI is InChI=1S/C15H21ClN2/c1-11-9-13(16)5-4-12(11)10-17-14-6-8-18-7-2-3-15(14)18/h4-5,9,14-15,17H,2-3,6-8,10H2,1H3. The monoisotopic (exact) mass is 264 g/mol. The molecule has 2 aliphatic rings. The molecule has 3 rings (SSSR count). The van der Waals surface area contributed by atoms with Gasteiger partial charge in [-0.15, -0.1) is 0 Å². The van der Waals surface area contributed by atoms with E-state index in [0.29, 0.717) is 6.04 Å². The molecule has 2 heterocycles. The molecule has 0 aliphatic carbocycles. The molecule has 2 saturated heterocycles. The highest BCUT2D eigenvalue weighted by Gasteiger charge is 2.36. The number of nitrogens with one attached hydrogen (secondary N) is 1. The number of hydrogen-bond acceptors (Lipinski definition) is 2. The summed E-state index contributed by atoms with van der Waals surface area (Å²) in [7, 11) is 0. The molecule has 0 bridgehead atoms. The number of nitrogens with zero attached hydrogens (tertiary/aromatic N) is 1. The number of fused-ring (bicyclic) bond motifs is 1.